The van der Waals surface area contributed by atoms with Gasteiger partial charge in [-0.05, 0) is 73.0 Å². The van der Waals surface area contributed by atoms with Crippen molar-refractivity contribution in [3.05, 3.63) is 94.9 Å². The Morgan fingerprint density at radius 3 is 2.21 bits per heavy atom. The highest BCUT2D eigenvalue weighted by atomic mass is 19.1. The number of anilines is 3. The number of carbonyl (C=O) groups excluding carboxylic acids is 3. The van der Waals surface area contributed by atoms with Crippen molar-refractivity contribution in [3.63, 3.8) is 0 Å². The van der Waals surface area contributed by atoms with Crippen LogP contribution in [-0.2, 0) is 14.4 Å². The number of hydrogen-bond donors (Lipinski definition) is 2. The molecule has 166 valence electrons. The van der Waals surface area contributed by atoms with E-state index in [1.807, 2.05) is 19.9 Å². The SMILES string of the molecule is CC(=O)Nc1ccc(C2=C(Nc3cccc(F)c3)C(=O)N(c3ccc(C)c(C)c3)C2=O)cc1. The van der Waals surface area contributed by atoms with E-state index in [9.17, 15) is 18.8 Å². The van der Waals surface area contributed by atoms with Crippen molar-refractivity contribution in [2.75, 3.05) is 15.5 Å². The van der Waals surface area contributed by atoms with Crippen molar-refractivity contribution in [1.29, 1.82) is 0 Å². The second-order valence-corrected chi connectivity index (χ2v) is 7.86. The number of benzene rings is 3. The van der Waals surface area contributed by atoms with Gasteiger partial charge >= 0.3 is 0 Å². The second-order valence-electron chi connectivity index (χ2n) is 7.86. The summed E-state index contributed by atoms with van der Waals surface area (Å²) >= 11 is 0. The Morgan fingerprint density at radius 2 is 1.58 bits per heavy atom. The molecule has 1 aliphatic heterocycles. The van der Waals surface area contributed by atoms with Crippen molar-refractivity contribution in [1.82, 2.24) is 0 Å². The lowest BCUT2D eigenvalue weighted by Gasteiger charge is -2.17. The standard InChI is InChI=1S/C26H22FN3O3/c1-15-7-12-22(13-16(15)2)30-25(32)23(18-8-10-20(11-9-18)28-17(3)31)24(26(30)33)29-21-6-4-5-19(27)14-21/h4-14,29H,1-3H3,(H,28,31). The molecule has 0 saturated carbocycles. The molecule has 1 aliphatic rings. The van der Waals surface area contributed by atoms with Crippen LogP contribution in [0.2, 0.25) is 0 Å². The van der Waals surface area contributed by atoms with Crippen LogP contribution in [0, 0.1) is 19.7 Å². The van der Waals surface area contributed by atoms with Gasteiger partial charge in [0.15, 0.2) is 0 Å². The molecule has 0 unspecified atom stereocenters. The van der Waals surface area contributed by atoms with Crippen LogP contribution in [0.1, 0.15) is 23.6 Å². The van der Waals surface area contributed by atoms with Gasteiger partial charge in [0.1, 0.15) is 11.5 Å². The molecule has 1 heterocycles. The van der Waals surface area contributed by atoms with E-state index >= 15 is 0 Å². The summed E-state index contributed by atoms with van der Waals surface area (Å²) in [5.41, 5.74) is 4.06. The highest BCUT2D eigenvalue weighted by Crippen LogP contribution is 2.35. The Labute approximate surface area is 190 Å². The number of hydrogen-bond acceptors (Lipinski definition) is 4. The fraction of sp³-hybridized carbons (Fsp3) is 0.115. The number of nitrogens with one attached hydrogen (secondary N) is 2. The number of nitrogens with zero attached hydrogens (tertiary/aromatic N) is 1. The summed E-state index contributed by atoms with van der Waals surface area (Å²) in [6.07, 6.45) is 0. The molecular weight excluding hydrogens is 421 g/mol. The molecule has 3 aromatic carbocycles. The maximum Gasteiger partial charge on any atom is 0.282 e. The van der Waals surface area contributed by atoms with Crippen molar-refractivity contribution in [3.8, 4) is 0 Å². The largest absolute Gasteiger partial charge is 0.350 e. The topological polar surface area (TPSA) is 78.5 Å². The van der Waals surface area contributed by atoms with Crippen LogP contribution in [0.15, 0.2) is 72.4 Å². The number of halogens is 1. The van der Waals surface area contributed by atoms with Crippen LogP contribution < -0.4 is 15.5 Å². The first kappa shape index (κ1) is 22.0. The van der Waals surface area contributed by atoms with E-state index in [1.54, 1.807) is 42.5 Å². The molecule has 33 heavy (non-hydrogen) atoms. The van der Waals surface area contributed by atoms with Crippen molar-refractivity contribution >= 4 is 40.4 Å². The number of amides is 3. The highest BCUT2D eigenvalue weighted by Gasteiger charge is 2.40. The molecular formula is C26H22FN3O3. The Balaban J connectivity index is 1.80. The number of rotatable bonds is 5. The molecule has 0 atom stereocenters. The second kappa shape index (κ2) is 8.70. The quantitative estimate of drug-likeness (QED) is 0.556. The van der Waals surface area contributed by atoms with Gasteiger partial charge < -0.3 is 10.6 Å². The summed E-state index contributed by atoms with van der Waals surface area (Å²) in [6, 6.07) is 17.7. The third kappa shape index (κ3) is 4.39. The summed E-state index contributed by atoms with van der Waals surface area (Å²) in [4.78, 5) is 39.4. The molecule has 0 bridgehead atoms. The summed E-state index contributed by atoms with van der Waals surface area (Å²) in [6.45, 7) is 5.26. The van der Waals surface area contributed by atoms with Crippen LogP contribution in [0.4, 0.5) is 21.5 Å². The Hall–Kier alpha value is -4.26. The molecule has 0 aliphatic carbocycles. The van der Waals surface area contributed by atoms with Gasteiger partial charge in [0.25, 0.3) is 11.8 Å². The van der Waals surface area contributed by atoms with Crippen LogP contribution in [0.25, 0.3) is 5.57 Å². The smallest absolute Gasteiger partial charge is 0.282 e. The molecule has 3 amide bonds. The first-order chi connectivity index (χ1) is 15.7. The molecule has 2 N–H and O–H groups in total. The molecule has 7 heteroatoms. The number of aryl methyl sites for hydroxylation is 2. The zero-order valence-electron chi connectivity index (χ0n) is 18.4. The maximum absolute atomic E-state index is 13.8. The fourth-order valence-corrected chi connectivity index (χ4v) is 3.65. The lowest BCUT2D eigenvalue weighted by Crippen LogP contribution is -2.32. The average molecular weight is 443 g/mol. The number of imide groups is 1. The molecule has 4 rings (SSSR count). The van der Waals surface area contributed by atoms with E-state index < -0.39 is 17.6 Å². The van der Waals surface area contributed by atoms with Crippen molar-refractivity contribution in [2.45, 2.75) is 20.8 Å². The van der Waals surface area contributed by atoms with E-state index in [2.05, 4.69) is 10.6 Å². The molecule has 0 spiro atoms. The summed E-state index contributed by atoms with van der Waals surface area (Å²) in [5.74, 6) is -1.71. The van der Waals surface area contributed by atoms with Gasteiger partial charge in [0.2, 0.25) is 5.91 Å². The highest BCUT2D eigenvalue weighted by molar-refractivity contribution is 6.46. The molecule has 0 fully saturated rings. The Morgan fingerprint density at radius 1 is 0.848 bits per heavy atom. The lowest BCUT2D eigenvalue weighted by atomic mass is 10.0. The first-order valence-electron chi connectivity index (χ1n) is 10.4. The zero-order chi connectivity index (χ0) is 23.7. The third-order valence-corrected chi connectivity index (χ3v) is 5.42. The van der Waals surface area contributed by atoms with Gasteiger partial charge in [-0.15, -0.1) is 0 Å². The predicted molar refractivity (Wildman–Crippen MR) is 126 cm³/mol. The van der Waals surface area contributed by atoms with Crippen LogP contribution in [0.5, 0.6) is 0 Å². The van der Waals surface area contributed by atoms with E-state index in [-0.39, 0.29) is 17.2 Å². The fourth-order valence-electron chi connectivity index (χ4n) is 3.65. The Kier molecular flexibility index (Phi) is 5.79. The monoisotopic (exact) mass is 443 g/mol. The van der Waals surface area contributed by atoms with E-state index in [4.69, 9.17) is 0 Å². The van der Waals surface area contributed by atoms with Gasteiger partial charge in [-0.3, -0.25) is 14.4 Å². The summed E-state index contributed by atoms with van der Waals surface area (Å²) in [7, 11) is 0. The van der Waals surface area contributed by atoms with E-state index in [0.717, 1.165) is 16.0 Å². The van der Waals surface area contributed by atoms with Crippen molar-refractivity contribution in [2.24, 2.45) is 0 Å². The number of carbonyl (C=O) groups is 3. The van der Waals surface area contributed by atoms with Gasteiger partial charge in [-0.2, -0.15) is 0 Å². The van der Waals surface area contributed by atoms with E-state index in [0.29, 0.717) is 22.6 Å². The van der Waals surface area contributed by atoms with Gasteiger partial charge in [-0.1, -0.05) is 24.3 Å². The predicted octanol–water partition coefficient (Wildman–Crippen LogP) is 4.80. The minimum atomic E-state index is -0.534. The van der Waals surface area contributed by atoms with Gasteiger partial charge in [0.05, 0.1) is 11.3 Å². The normalized spacial score (nSPS) is 13.5. The molecule has 0 saturated heterocycles. The molecule has 0 aromatic heterocycles. The van der Waals surface area contributed by atoms with E-state index in [1.165, 1.54) is 25.1 Å². The molecule has 3 aromatic rings. The lowest BCUT2D eigenvalue weighted by molar-refractivity contribution is -0.120. The summed E-state index contributed by atoms with van der Waals surface area (Å²) in [5, 5.41) is 5.61. The minimum Gasteiger partial charge on any atom is -0.350 e. The van der Waals surface area contributed by atoms with Crippen LogP contribution in [-0.4, -0.2) is 17.7 Å². The van der Waals surface area contributed by atoms with Gasteiger partial charge in [-0.25, -0.2) is 9.29 Å². The zero-order valence-corrected chi connectivity index (χ0v) is 18.4. The first-order valence-corrected chi connectivity index (χ1v) is 10.4. The van der Waals surface area contributed by atoms with Gasteiger partial charge in [0, 0.05) is 18.3 Å². The summed E-state index contributed by atoms with van der Waals surface area (Å²) < 4.78 is 13.8. The van der Waals surface area contributed by atoms with Crippen LogP contribution in [0.3, 0.4) is 0 Å². The minimum absolute atomic E-state index is 0.0519. The third-order valence-electron chi connectivity index (χ3n) is 5.42. The average Bonchev–Trinajstić information content (AvgIpc) is 3.00. The molecule has 0 radical (unpaired) electrons. The van der Waals surface area contributed by atoms with Crippen molar-refractivity contribution < 1.29 is 18.8 Å². The maximum atomic E-state index is 13.8. The van der Waals surface area contributed by atoms with Crippen LogP contribution >= 0.6 is 0 Å². The molecule has 6 nitrogen and oxygen atoms in total. The Bertz CT molecular complexity index is 1310.